The van der Waals surface area contributed by atoms with E-state index in [0.29, 0.717) is 0 Å². The van der Waals surface area contributed by atoms with Gasteiger partial charge in [-0.05, 0) is 36.7 Å². The molecule has 0 aliphatic rings. The van der Waals surface area contributed by atoms with Crippen molar-refractivity contribution in [3.05, 3.63) is 28.5 Å². The van der Waals surface area contributed by atoms with Gasteiger partial charge in [0, 0.05) is 5.56 Å². The summed E-state index contributed by atoms with van der Waals surface area (Å²) in [7, 11) is 0. The fourth-order valence-corrected chi connectivity index (χ4v) is 3.46. The predicted molar refractivity (Wildman–Crippen MR) is 64.5 cm³/mol. The van der Waals surface area contributed by atoms with Crippen LogP contribution in [0.25, 0.3) is 9.75 Å². The molecule has 0 unspecified atom stereocenters. The predicted octanol–water partition coefficient (Wildman–Crippen LogP) is 3.41. The van der Waals surface area contributed by atoms with Crippen LogP contribution in [0, 0.1) is 0 Å². The van der Waals surface area contributed by atoms with Crippen molar-refractivity contribution in [3.63, 3.8) is 0 Å². The van der Waals surface area contributed by atoms with Crippen LogP contribution in [0.15, 0.2) is 22.9 Å². The van der Waals surface area contributed by atoms with E-state index in [1.54, 1.807) is 19.9 Å². The number of aromatic hydroxyl groups is 1. The van der Waals surface area contributed by atoms with Gasteiger partial charge in [-0.2, -0.15) is 0 Å². The first-order valence-corrected chi connectivity index (χ1v) is 6.33. The van der Waals surface area contributed by atoms with Crippen molar-refractivity contribution in [1.82, 2.24) is 0 Å². The van der Waals surface area contributed by atoms with Gasteiger partial charge in [-0.3, -0.25) is 0 Å². The smallest absolute Gasteiger partial charge is 0.135 e. The molecule has 0 saturated carbocycles. The average Bonchev–Trinajstić information content (AvgIpc) is 2.69. The van der Waals surface area contributed by atoms with Crippen LogP contribution in [-0.2, 0) is 5.60 Å². The summed E-state index contributed by atoms with van der Waals surface area (Å²) < 4.78 is 0. The van der Waals surface area contributed by atoms with Crippen LogP contribution >= 0.6 is 22.7 Å². The van der Waals surface area contributed by atoms with Crippen molar-refractivity contribution in [2.24, 2.45) is 0 Å². The highest BCUT2D eigenvalue weighted by molar-refractivity contribution is 7.20. The molecule has 0 amide bonds. The second kappa shape index (κ2) is 3.63. The average molecular weight is 240 g/mol. The Morgan fingerprint density at radius 1 is 1.07 bits per heavy atom. The lowest BCUT2D eigenvalue weighted by atomic mass is 9.99. The Hall–Kier alpha value is -0.840. The van der Waals surface area contributed by atoms with Gasteiger partial charge < -0.3 is 10.2 Å². The summed E-state index contributed by atoms with van der Waals surface area (Å²) in [6.45, 7) is 3.51. The van der Waals surface area contributed by atoms with Crippen molar-refractivity contribution < 1.29 is 10.2 Å². The molecule has 2 N–H and O–H groups in total. The molecule has 2 rings (SSSR count). The molecule has 0 aromatic carbocycles. The number of aliphatic hydroxyl groups is 1. The molecule has 0 spiro atoms. The summed E-state index contributed by atoms with van der Waals surface area (Å²) in [5.74, 6) is 0.285. The molecule has 4 heteroatoms. The molecule has 0 fully saturated rings. The third-order valence-electron chi connectivity index (χ3n) is 2.18. The summed E-state index contributed by atoms with van der Waals surface area (Å²) in [5.41, 5.74) is -0.00331. The van der Waals surface area contributed by atoms with Crippen LogP contribution in [0.1, 0.15) is 19.4 Å². The van der Waals surface area contributed by atoms with Crippen molar-refractivity contribution in [3.8, 4) is 15.5 Å². The summed E-state index contributed by atoms with van der Waals surface area (Å²) in [6.07, 6.45) is 0. The first kappa shape index (κ1) is 10.7. The standard InChI is InChI=1S/C11H12O2S2/c1-11(2,13)7-3-5-14-9(7)10-8(12)4-6-15-10/h3-6,12-13H,1-2H3. The van der Waals surface area contributed by atoms with E-state index >= 15 is 0 Å². The molecule has 2 nitrogen and oxygen atoms in total. The van der Waals surface area contributed by atoms with Gasteiger partial charge in [-0.1, -0.05) is 0 Å². The van der Waals surface area contributed by atoms with E-state index in [1.165, 1.54) is 22.7 Å². The number of hydrogen-bond acceptors (Lipinski definition) is 4. The van der Waals surface area contributed by atoms with Crippen LogP contribution in [0.4, 0.5) is 0 Å². The second-order valence-electron chi connectivity index (χ2n) is 3.86. The van der Waals surface area contributed by atoms with Gasteiger partial charge >= 0.3 is 0 Å². The van der Waals surface area contributed by atoms with E-state index in [9.17, 15) is 10.2 Å². The molecule has 0 aliphatic heterocycles. The minimum absolute atomic E-state index is 0.285. The first-order valence-electron chi connectivity index (χ1n) is 4.57. The molecule has 0 bridgehead atoms. The number of rotatable bonds is 2. The maximum Gasteiger partial charge on any atom is 0.135 e. The second-order valence-corrected chi connectivity index (χ2v) is 5.69. The molecule has 2 heterocycles. The van der Waals surface area contributed by atoms with Crippen molar-refractivity contribution in [1.29, 1.82) is 0 Å². The molecular weight excluding hydrogens is 228 g/mol. The van der Waals surface area contributed by atoms with Gasteiger partial charge in [0.2, 0.25) is 0 Å². The Kier molecular flexibility index (Phi) is 2.58. The molecule has 15 heavy (non-hydrogen) atoms. The summed E-state index contributed by atoms with van der Waals surface area (Å²) in [5, 5.41) is 23.4. The molecule has 0 atom stereocenters. The highest BCUT2D eigenvalue weighted by atomic mass is 32.1. The maximum atomic E-state index is 9.98. The Morgan fingerprint density at radius 3 is 2.20 bits per heavy atom. The third kappa shape index (κ3) is 1.93. The van der Waals surface area contributed by atoms with Crippen molar-refractivity contribution in [2.75, 3.05) is 0 Å². The molecule has 0 saturated heterocycles. The van der Waals surface area contributed by atoms with E-state index in [-0.39, 0.29) is 5.75 Å². The Balaban J connectivity index is 2.56. The van der Waals surface area contributed by atoms with Gasteiger partial charge in [0.1, 0.15) is 5.75 Å². The van der Waals surface area contributed by atoms with Gasteiger partial charge in [0.15, 0.2) is 0 Å². The minimum atomic E-state index is -0.869. The van der Waals surface area contributed by atoms with E-state index in [1.807, 2.05) is 16.8 Å². The quantitative estimate of drug-likeness (QED) is 0.844. The molecule has 0 radical (unpaired) electrons. The zero-order chi connectivity index (χ0) is 11.1. The van der Waals surface area contributed by atoms with E-state index in [4.69, 9.17) is 0 Å². The minimum Gasteiger partial charge on any atom is -0.506 e. The fraction of sp³-hybridized carbons (Fsp3) is 0.273. The molecule has 2 aromatic rings. The highest BCUT2D eigenvalue weighted by Gasteiger charge is 2.23. The fourth-order valence-electron chi connectivity index (χ4n) is 1.44. The molecular formula is C11H12O2S2. The van der Waals surface area contributed by atoms with Crippen LogP contribution in [0.3, 0.4) is 0 Å². The van der Waals surface area contributed by atoms with Gasteiger partial charge in [0.05, 0.1) is 15.4 Å². The lowest BCUT2D eigenvalue weighted by molar-refractivity contribution is 0.0796. The topological polar surface area (TPSA) is 40.5 Å². The van der Waals surface area contributed by atoms with Gasteiger partial charge in [-0.15, -0.1) is 22.7 Å². The third-order valence-corrected chi connectivity index (χ3v) is 4.16. The lowest BCUT2D eigenvalue weighted by Gasteiger charge is -2.17. The summed E-state index contributed by atoms with van der Waals surface area (Å²) in [4.78, 5) is 1.79. The lowest BCUT2D eigenvalue weighted by Crippen LogP contribution is -2.15. The van der Waals surface area contributed by atoms with E-state index < -0.39 is 5.60 Å². The number of thiophene rings is 2. The van der Waals surface area contributed by atoms with Gasteiger partial charge in [0.25, 0.3) is 0 Å². The Morgan fingerprint density at radius 2 is 1.67 bits per heavy atom. The SMILES string of the molecule is CC(C)(O)c1ccsc1-c1sccc1O. The summed E-state index contributed by atoms with van der Waals surface area (Å²) in [6, 6.07) is 3.58. The molecule has 80 valence electrons. The van der Waals surface area contributed by atoms with Crippen molar-refractivity contribution in [2.45, 2.75) is 19.4 Å². The van der Waals surface area contributed by atoms with Gasteiger partial charge in [-0.25, -0.2) is 0 Å². The van der Waals surface area contributed by atoms with Crippen LogP contribution in [-0.4, -0.2) is 10.2 Å². The van der Waals surface area contributed by atoms with Crippen LogP contribution < -0.4 is 0 Å². The Bertz CT molecular complexity index is 463. The first-order chi connectivity index (χ1) is 7.00. The molecule has 2 aromatic heterocycles. The zero-order valence-electron chi connectivity index (χ0n) is 8.52. The van der Waals surface area contributed by atoms with Crippen LogP contribution in [0.2, 0.25) is 0 Å². The monoisotopic (exact) mass is 240 g/mol. The zero-order valence-corrected chi connectivity index (χ0v) is 10.2. The van der Waals surface area contributed by atoms with Crippen molar-refractivity contribution >= 4 is 22.7 Å². The van der Waals surface area contributed by atoms with E-state index in [2.05, 4.69) is 0 Å². The number of hydrogen-bond donors (Lipinski definition) is 2. The maximum absolute atomic E-state index is 9.98. The normalized spacial score (nSPS) is 11.9. The summed E-state index contributed by atoms with van der Waals surface area (Å²) >= 11 is 3.03. The largest absolute Gasteiger partial charge is 0.506 e. The molecule has 0 aliphatic carbocycles. The van der Waals surface area contributed by atoms with Crippen LogP contribution in [0.5, 0.6) is 5.75 Å². The Labute approximate surface area is 96.5 Å². The van der Waals surface area contributed by atoms with E-state index in [0.717, 1.165) is 15.3 Å². The highest BCUT2D eigenvalue weighted by Crippen LogP contribution is 2.42.